The number of hydrogen-bond donors (Lipinski definition) is 0. The number of hydrogen-bond acceptors (Lipinski definition) is 6. The quantitative estimate of drug-likeness (QED) is 0.0286. The average Bonchev–Trinajstić information content (AvgIpc) is 3.12. The smallest absolute Gasteiger partial charge is 0.306 e. The predicted octanol–water partition coefficient (Wildman–Crippen LogP) is 12.5. The molecule has 288 valence electrons. The molecule has 0 spiro atoms. The van der Waals surface area contributed by atoms with E-state index in [1.54, 1.807) is 0 Å². The summed E-state index contributed by atoms with van der Waals surface area (Å²) in [5.41, 5.74) is 0. The fourth-order valence-electron chi connectivity index (χ4n) is 4.94. The highest BCUT2D eigenvalue weighted by Crippen LogP contribution is 2.11. The molecule has 0 aromatic rings. The Balaban J connectivity index is 4.53. The molecule has 0 aliphatic rings. The van der Waals surface area contributed by atoms with Crippen LogP contribution in [0.2, 0.25) is 0 Å². The molecule has 0 radical (unpaired) electrons. The van der Waals surface area contributed by atoms with E-state index in [1.807, 2.05) is 12.2 Å². The van der Waals surface area contributed by atoms with Crippen LogP contribution in [0, 0.1) is 0 Å². The van der Waals surface area contributed by atoms with Gasteiger partial charge in [0, 0.05) is 19.3 Å². The van der Waals surface area contributed by atoms with Gasteiger partial charge in [0.2, 0.25) is 0 Å². The molecule has 1 unspecified atom stereocenters. The van der Waals surface area contributed by atoms with Gasteiger partial charge in [-0.05, 0) is 77.0 Å². The van der Waals surface area contributed by atoms with Gasteiger partial charge in [0.15, 0.2) is 6.10 Å². The molecule has 0 aliphatic heterocycles. The number of rotatable bonds is 34. The molecule has 0 heterocycles. The second kappa shape index (κ2) is 39.4. The first kappa shape index (κ1) is 47.6. The van der Waals surface area contributed by atoms with Crippen molar-refractivity contribution in [1.29, 1.82) is 0 Å². The van der Waals surface area contributed by atoms with Gasteiger partial charge in [-0.1, -0.05) is 151 Å². The van der Waals surface area contributed by atoms with E-state index >= 15 is 0 Å². The molecule has 6 nitrogen and oxygen atoms in total. The van der Waals surface area contributed by atoms with Gasteiger partial charge in [0.05, 0.1) is 0 Å². The lowest BCUT2D eigenvalue weighted by Gasteiger charge is -2.18. The van der Waals surface area contributed by atoms with Crippen LogP contribution in [-0.2, 0) is 28.6 Å². The summed E-state index contributed by atoms with van der Waals surface area (Å²) in [6, 6.07) is 0. The largest absolute Gasteiger partial charge is 0.462 e. The van der Waals surface area contributed by atoms with Crippen molar-refractivity contribution in [3.63, 3.8) is 0 Å². The van der Waals surface area contributed by atoms with Crippen LogP contribution in [0.4, 0.5) is 0 Å². The maximum Gasteiger partial charge on any atom is 0.306 e. The van der Waals surface area contributed by atoms with Crippen LogP contribution in [0.15, 0.2) is 85.1 Å². The predicted molar refractivity (Wildman–Crippen MR) is 214 cm³/mol. The zero-order valence-electron chi connectivity index (χ0n) is 32.6. The van der Waals surface area contributed by atoms with Gasteiger partial charge in [-0.2, -0.15) is 0 Å². The van der Waals surface area contributed by atoms with E-state index in [1.165, 1.54) is 25.7 Å². The zero-order chi connectivity index (χ0) is 37.3. The highest BCUT2D eigenvalue weighted by atomic mass is 16.6. The number of unbranched alkanes of at least 4 members (excludes halogenated alkanes) is 9. The number of carbonyl (C=O) groups is 3. The second-order valence-corrected chi connectivity index (χ2v) is 12.8. The van der Waals surface area contributed by atoms with E-state index in [2.05, 4.69) is 93.7 Å². The van der Waals surface area contributed by atoms with Gasteiger partial charge in [0.1, 0.15) is 13.2 Å². The lowest BCUT2D eigenvalue weighted by atomic mass is 10.1. The van der Waals surface area contributed by atoms with Crippen LogP contribution < -0.4 is 0 Å². The fourth-order valence-corrected chi connectivity index (χ4v) is 4.94. The Morgan fingerprint density at radius 3 is 1.31 bits per heavy atom. The summed E-state index contributed by atoms with van der Waals surface area (Å²) in [4.78, 5) is 37.4. The minimum atomic E-state index is -0.815. The van der Waals surface area contributed by atoms with Crippen LogP contribution in [0.1, 0.15) is 162 Å². The van der Waals surface area contributed by atoms with Crippen LogP contribution in [-0.4, -0.2) is 37.2 Å². The van der Waals surface area contributed by atoms with Crippen LogP contribution in [0.25, 0.3) is 0 Å². The SMILES string of the molecule is CC/C=C\C/C=C\C/C=C\C/C=C\CCC(=O)OCC(COC(=O)CCCCCCCCC)OC(=O)CCCCC/C=C\C/C=C\C/C=C\CC. The van der Waals surface area contributed by atoms with Crippen LogP contribution in [0.5, 0.6) is 0 Å². The normalized spacial score (nSPS) is 12.9. The van der Waals surface area contributed by atoms with Crippen LogP contribution in [0.3, 0.4) is 0 Å². The van der Waals surface area contributed by atoms with Crippen molar-refractivity contribution in [2.24, 2.45) is 0 Å². The lowest BCUT2D eigenvalue weighted by molar-refractivity contribution is -0.166. The standard InChI is InChI=1S/C45H72O6/c1-4-7-10-13-16-18-20-22-24-26-29-32-35-38-44(47)50-41-42(40-49-43(46)37-34-31-28-15-12-9-6-3)51-45(48)39-36-33-30-27-25-23-21-19-17-14-11-8-5-2/h7-8,10-11,16-19,22-25,29,32,42H,4-6,9,12-15,20-21,26-28,30-31,33-41H2,1-3H3/b10-7-,11-8-,18-16-,19-17-,24-22-,25-23-,32-29-. The van der Waals surface area contributed by atoms with Crippen molar-refractivity contribution in [2.75, 3.05) is 13.2 Å². The van der Waals surface area contributed by atoms with E-state index in [-0.39, 0.29) is 44.0 Å². The molecule has 0 saturated heterocycles. The van der Waals surface area contributed by atoms with E-state index in [9.17, 15) is 14.4 Å². The molecule has 0 bridgehead atoms. The summed E-state index contributed by atoms with van der Waals surface area (Å²) in [5.74, 6) is -1.05. The zero-order valence-corrected chi connectivity index (χ0v) is 32.6. The number of ether oxygens (including phenoxy) is 3. The third-order valence-corrected chi connectivity index (χ3v) is 7.91. The molecule has 0 N–H and O–H groups in total. The highest BCUT2D eigenvalue weighted by Gasteiger charge is 2.19. The molecular formula is C45H72O6. The van der Waals surface area contributed by atoms with Crippen molar-refractivity contribution in [2.45, 2.75) is 168 Å². The van der Waals surface area contributed by atoms with Gasteiger partial charge >= 0.3 is 17.9 Å². The summed E-state index contributed by atoms with van der Waals surface area (Å²) < 4.78 is 16.5. The molecule has 6 heteroatoms. The Kier molecular flexibility index (Phi) is 36.7. The summed E-state index contributed by atoms with van der Waals surface area (Å²) in [5, 5.41) is 0. The molecule has 0 aromatic heterocycles. The summed E-state index contributed by atoms with van der Waals surface area (Å²) in [7, 11) is 0. The van der Waals surface area contributed by atoms with Gasteiger partial charge in [-0.3, -0.25) is 14.4 Å². The number of esters is 3. The van der Waals surface area contributed by atoms with Gasteiger partial charge < -0.3 is 14.2 Å². The van der Waals surface area contributed by atoms with E-state index < -0.39 is 6.10 Å². The summed E-state index contributed by atoms with van der Waals surface area (Å²) >= 11 is 0. The first-order valence-electron chi connectivity index (χ1n) is 20.1. The minimum Gasteiger partial charge on any atom is -0.462 e. The van der Waals surface area contributed by atoms with Crippen molar-refractivity contribution in [3.05, 3.63) is 85.1 Å². The molecule has 51 heavy (non-hydrogen) atoms. The molecule has 0 rings (SSSR count). The van der Waals surface area contributed by atoms with E-state index in [0.29, 0.717) is 12.8 Å². The van der Waals surface area contributed by atoms with Gasteiger partial charge in [-0.25, -0.2) is 0 Å². The van der Waals surface area contributed by atoms with E-state index in [0.717, 1.165) is 89.9 Å². The molecule has 0 saturated carbocycles. The molecule has 0 fully saturated rings. The first-order valence-corrected chi connectivity index (χ1v) is 20.1. The molecule has 1 atom stereocenters. The van der Waals surface area contributed by atoms with Crippen molar-refractivity contribution in [3.8, 4) is 0 Å². The highest BCUT2D eigenvalue weighted by molar-refractivity contribution is 5.71. The Labute approximate surface area is 312 Å². The van der Waals surface area contributed by atoms with Crippen molar-refractivity contribution < 1.29 is 28.6 Å². The fraction of sp³-hybridized carbons (Fsp3) is 0.622. The van der Waals surface area contributed by atoms with Crippen LogP contribution >= 0.6 is 0 Å². The minimum absolute atomic E-state index is 0.112. The lowest BCUT2D eigenvalue weighted by Crippen LogP contribution is -2.30. The van der Waals surface area contributed by atoms with E-state index in [4.69, 9.17) is 14.2 Å². The van der Waals surface area contributed by atoms with Gasteiger partial charge in [0.25, 0.3) is 0 Å². The van der Waals surface area contributed by atoms with Gasteiger partial charge in [-0.15, -0.1) is 0 Å². The Bertz CT molecular complexity index is 1040. The third-order valence-electron chi connectivity index (χ3n) is 7.91. The van der Waals surface area contributed by atoms with Crippen molar-refractivity contribution in [1.82, 2.24) is 0 Å². The monoisotopic (exact) mass is 709 g/mol. The molecule has 0 aromatic carbocycles. The Hall–Kier alpha value is -3.41. The van der Waals surface area contributed by atoms with Crippen molar-refractivity contribution >= 4 is 17.9 Å². The average molecular weight is 709 g/mol. The topological polar surface area (TPSA) is 78.9 Å². The molecule has 0 amide bonds. The summed E-state index contributed by atoms with van der Waals surface area (Å²) in [6.45, 7) is 6.23. The molecular weight excluding hydrogens is 636 g/mol. The second-order valence-electron chi connectivity index (χ2n) is 12.8. The maximum atomic E-state index is 12.6. The first-order chi connectivity index (χ1) is 25.0. The third kappa shape index (κ3) is 37.7. The number of carbonyl (C=O) groups excluding carboxylic acids is 3. The Morgan fingerprint density at radius 1 is 0.412 bits per heavy atom. The number of allylic oxidation sites excluding steroid dienone is 14. The summed E-state index contributed by atoms with van der Waals surface area (Å²) in [6.07, 6.45) is 48.8. The maximum absolute atomic E-state index is 12.6. The Morgan fingerprint density at radius 2 is 0.804 bits per heavy atom. The molecule has 0 aliphatic carbocycles.